The molecule has 10 aliphatic rings. The number of piperidine rings is 5. The van der Waals surface area contributed by atoms with Gasteiger partial charge in [-0.1, -0.05) is 230 Å². The standard InChI is InChI=1S/C29H36N2O4.C21H32N2O2.C21H30N2O2.C20H22BrNO2.C15H26BNO4.C12H16BrN.La/c1-21-13-14-26(31(18-21)28(33)34-20-22-9-6-5-7-10-22)24-12-8-11-23(17-24)25-15-16-30(19-25)27(32)35-29(2,3)4;2*1-15-8-9-19(22-13-15)17-7-5-6-16(12-17)18-10-11-23(14-18)20(24)25-21(2,3)4;1-15-10-11-19(17-8-5-9-18(21)12-17)22(13-15)20(23)24-14-16-6-3-2-4-7-16;1-13(2,3)19-12(18)17-9-8-11(10-17)16-20-14(4,5)15(6,7)21-16;1-9-5-6-12(14-8-9)10-3-2-4-11(13)7-10;/h5-12,15,17,21,26H,13-14,16,18-20H2,1-4H3;5-7,12,15,18-19,22H,8-11,13-14H2,1-4H3;5-7,10,12,15,19,22H,8-9,11,13-14H2,1-4H3;2-9,12,15,19H,10-11,13-14H2,1H3;8H,9-10H2,1-7H3;2-4,7,9,12,14H,5-6,8H2,1H3;/t21-,26+;15-,18?,19+;2*15-,19+;;9-,12+;/m0000.0./s1. The second-order valence-electron chi connectivity index (χ2n) is 46.1. The number of benzene rings is 7. The van der Waals surface area contributed by atoms with Crippen LogP contribution in [0.1, 0.15) is 308 Å². The molecule has 1 radical (unpaired) electrons. The van der Waals surface area contributed by atoms with Crippen LogP contribution in [-0.2, 0) is 50.9 Å². The van der Waals surface area contributed by atoms with E-state index in [1.807, 2.05) is 210 Å². The Bertz CT molecular complexity index is 5440. The number of likely N-dealkylation sites (tertiary alicyclic amines) is 3. The van der Waals surface area contributed by atoms with Crippen molar-refractivity contribution in [3.63, 3.8) is 0 Å². The van der Waals surface area contributed by atoms with Crippen LogP contribution in [0.25, 0.3) is 11.1 Å². The summed E-state index contributed by atoms with van der Waals surface area (Å²) in [7, 11) is -0.387. The number of carbonyl (C=O) groups is 6. The summed E-state index contributed by atoms with van der Waals surface area (Å²) in [4.78, 5) is 85.6. The largest absolute Gasteiger partial charge is 0.492 e. The Balaban J connectivity index is 0.000000168. The molecule has 11 atom stereocenters. The third kappa shape index (κ3) is 36.1. The summed E-state index contributed by atoms with van der Waals surface area (Å²) in [5, 5.41) is 10.9. The van der Waals surface area contributed by atoms with Gasteiger partial charge in [0.1, 0.15) is 35.6 Å². The van der Waals surface area contributed by atoms with Crippen LogP contribution in [0.15, 0.2) is 215 Å². The van der Waals surface area contributed by atoms with Gasteiger partial charge in [-0.05, 0) is 339 Å². The predicted octanol–water partition coefficient (Wildman–Crippen LogP) is 27.1. The first kappa shape index (κ1) is 117. The summed E-state index contributed by atoms with van der Waals surface area (Å²) in [5.41, 5.74) is 12.7. The molecule has 23 nitrogen and oxygen atoms in total. The van der Waals surface area contributed by atoms with Crippen LogP contribution in [0.5, 0.6) is 0 Å². The molecule has 10 heterocycles. The third-order valence-electron chi connectivity index (χ3n) is 28.2. The van der Waals surface area contributed by atoms with E-state index in [0.717, 1.165) is 132 Å². The van der Waals surface area contributed by atoms with Crippen molar-refractivity contribution in [3.8, 4) is 0 Å². The van der Waals surface area contributed by atoms with E-state index in [1.54, 1.807) is 14.7 Å². The Kier molecular flexibility index (Phi) is 42.8. The van der Waals surface area contributed by atoms with Crippen LogP contribution in [0.2, 0.25) is 0 Å². The predicted molar refractivity (Wildman–Crippen MR) is 583 cm³/mol. The summed E-state index contributed by atoms with van der Waals surface area (Å²) < 4.78 is 47.4. The molecule has 0 aliphatic carbocycles. The van der Waals surface area contributed by atoms with E-state index in [-0.39, 0.29) is 109 Å². The number of ether oxygens (including phenoxy) is 6. The van der Waals surface area contributed by atoms with Gasteiger partial charge in [0.05, 0.1) is 23.3 Å². The maximum absolute atomic E-state index is 13.1. The van der Waals surface area contributed by atoms with Crippen LogP contribution < -0.4 is 16.0 Å². The van der Waals surface area contributed by atoms with E-state index >= 15 is 0 Å². The smallest absolute Gasteiger partial charge is 0.445 e. The number of hydrogen-bond donors (Lipinski definition) is 3. The van der Waals surface area contributed by atoms with Crippen molar-refractivity contribution in [2.75, 3.05) is 85.1 Å². The van der Waals surface area contributed by atoms with Crippen molar-refractivity contribution in [2.45, 2.75) is 299 Å². The molecule has 6 amide bonds. The molecule has 0 spiro atoms. The Morgan fingerprint density at radius 3 is 1.10 bits per heavy atom. The van der Waals surface area contributed by atoms with Crippen molar-refractivity contribution < 1.29 is 102 Å². The normalized spacial score (nSPS) is 23.4. The maximum atomic E-state index is 13.1. The van der Waals surface area contributed by atoms with Gasteiger partial charge in [-0.25, -0.2) is 28.8 Å². The molecule has 0 saturated carbocycles. The topological polar surface area (TPSA) is 232 Å². The van der Waals surface area contributed by atoms with Crippen molar-refractivity contribution in [3.05, 3.63) is 270 Å². The Morgan fingerprint density at radius 1 is 0.366 bits per heavy atom. The van der Waals surface area contributed by atoms with E-state index in [1.165, 1.54) is 76.4 Å². The third-order valence-corrected chi connectivity index (χ3v) is 29.2. The van der Waals surface area contributed by atoms with Crippen LogP contribution >= 0.6 is 31.9 Å². The van der Waals surface area contributed by atoms with Gasteiger partial charge in [0.15, 0.2) is 0 Å². The van der Waals surface area contributed by atoms with Crippen LogP contribution in [0, 0.1) is 65.2 Å². The molecule has 0 bridgehead atoms. The molecule has 27 heteroatoms. The van der Waals surface area contributed by atoms with Gasteiger partial charge in [-0.3, -0.25) is 0 Å². The summed E-state index contributed by atoms with van der Waals surface area (Å²) in [6.07, 6.45) is 17.3. The molecule has 10 aliphatic heterocycles. The number of nitrogens with one attached hydrogen (secondary N) is 3. The fourth-order valence-electron chi connectivity index (χ4n) is 19.4. The van der Waals surface area contributed by atoms with Gasteiger partial charge in [0.2, 0.25) is 0 Å². The molecule has 7 saturated heterocycles. The maximum Gasteiger partial charge on any atom is 0.492 e. The number of hydrogen-bond acceptors (Lipinski definition) is 17. The van der Waals surface area contributed by atoms with Gasteiger partial charge in [0, 0.05) is 134 Å². The minimum Gasteiger partial charge on any atom is -0.445 e. The van der Waals surface area contributed by atoms with Gasteiger partial charge >= 0.3 is 43.7 Å². The molecule has 1 unspecified atom stereocenters. The molecule has 783 valence electrons. The summed E-state index contributed by atoms with van der Waals surface area (Å²) in [6.45, 7) is 52.2. The first-order valence-corrected chi connectivity index (χ1v) is 54.0. The molecular weight excluding hydrogens is 2080 g/mol. The average Bonchev–Trinajstić information content (AvgIpc) is 1.60. The van der Waals surface area contributed by atoms with Gasteiger partial charge in [-0.2, -0.15) is 0 Å². The van der Waals surface area contributed by atoms with E-state index < -0.39 is 22.4 Å². The number of carbonyl (C=O) groups excluding carboxylic acids is 6. The number of amides is 6. The molecule has 3 N–H and O–H groups in total. The van der Waals surface area contributed by atoms with Crippen molar-refractivity contribution in [1.29, 1.82) is 0 Å². The Labute approximate surface area is 910 Å². The molecule has 7 fully saturated rings. The molecule has 7 aromatic carbocycles. The fourth-order valence-corrected chi connectivity index (χ4v) is 20.2. The number of nitrogens with zero attached hydrogens (tertiary/aromatic N) is 6. The second kappa shape index (κ2) is 53.2. The first-order chi connectivity index (χ1) is 68.1. The fraction of sp³-hybridized carbons (Fsp3) is 0.542. The zero-order chi connectivity index (χ0) is 104. The van der Waals surface area contributed by atoms with Crippen molar-refractivity contribution >= 4 is 86.7 Å². The monoisotopic (exact) mass is 2240 g/mol. The molecular formula is C118H162BBr2LaN9O14. The SMILES string of the molecule is CC(C)(C)OC(=O)N1CC=C(B2OC(C)(C)C(C)(C)O2)C1.C[C@H]1CC[C@H](c2cccc(Br)c2)N(C(=O)OCc2ccccc2)C1.C[C@H]1CC[C@H](c2cccc(Br)c2)NC1.C[C@H]1CC[C@H](c2cccc(C3=CCN(C(=O)OC(C)(C)C)C3)c2)N(C(=O)OCc2ccccc2)C1.C[C@H]1CC[C@H](c2cccc(C3=CCN(C(=O)OC(C)(C)C)C3)c2)NC1.C[C@H]1CC[C@H](c2cccc(C3CCN(C(=O)OC(C)(C)C)C3)c2)NC1.[La]. The van der Waals surface area contributed by atoms with Crippen LogP contribution in [-0.4, -0.2) is 192 Å². The Hall–Kier alpha value is -8.60. The Morgan fingerprint density at radius 2 is 0.703 bits per heavy atom. The average molecular weight is 2240 g/mol. The van der Waals surface area contributed by atoms with Gasteiger partial charge in [0.25, 0.3) is 0 Å². The zero-order valence-corrected chi connectivity index (χ0v) is 96.9. The minimum absolute atomic E-state index is 0. The molecule has 17 rings (SSSR count). The minimum atomic E-state index is -0.517. The van der Waals surface area contributed by atoms with Crippen molar-refractivity contribution in [1.82, 2.24) is 45.3 Å². The molecule has 145 heavy (non-hydrogen) atoms. The molecule has 0 aromatic heterocycles. The van der Waals surface area contributed by atoms with Crippen molar-refractivity contribution in [2.24, 2.45) is 29.6 Å². The quantitative estimate of drug-likeness (QED) is 0.0719. The summed E-state index contributed by atoms with van der Waals surface area (Å²) in [6, 6.07) is 64.0. The number of rotatable bonds is 13. The van der Waals surface area contributed by atoms with Gasteiger partial charge in [-0.15, -0.1) is 0 Å². The second-order valence-corrected chi connectivity index (χ2v) is 47.9. The molecule has 7 aromatic rings. The zero-order valence-electron chi connectivity index (χ0n) is 90.1. The van der Waals surface area contributed by atoms with Crippen LogP contribution in [0.4, 0.5) is 28.8 Å². The van der Waals surface area contributed by atoms with E-state index in [4.69, 9.17) is 37.7 Å². The van der Waals surface area contributed by atoms with E-state index in [2.05, 4.69) is 198 Å². The van der Waals surface area contributed by atoms with Gasteiger partial charge < -0.3 is 83.1 Å². The summed E-state index contributed by atoms with van der Waals surface area (Å²) >= 11 is 7.04. The first-order valence-electron chi connectivity index (χ1n) is 52.4. The van der Waals surface area contributed by atoms with Crippen LogP contribution in [0.3, 0.4) is 0 Å². The van der Waals surface area contributed by atoms with E-state index in [0.29, 0.717) is 88.3 Å². The number of halogens is 2. The summed E-state index contributed by atoms with van der Waals surface area (Å²) in [5.74, 6) is 3.71. The van der Waals surface area contributed by atoms with E-state index in [9.17, 15) is 28.8 Å².